The minimum Gasteiger partial charge on any atom is -0.493 e. The maximum absolute atomic E-state index is 13.4. The van der Waals surface area contributed by atoms with E-state index in [1.54, 1.807) is 56.7 Å². The Labute approximate surface area is 352 Å². The molecule has 10 nitrogen and oxygen atoms in total. The predicted octanol–water partition coefficient (Wildman–Crippen LogP) is 9.67. The summed E-state index contributed by atoms with van der Waals surface area (Å²) in [6, 6.07) is 30.5. The Hall–Kier alpha value is -6.55. The van der Waals surface area contributed by atoms with Gasteiger partial charge in [-0.05, 0) is 110 Å². The van der Waals surface area contributed by atoms with E-state index in [1.807, 2.05) is 79.7 Å². The molecule has 4 aromatic carbocycles. The molecule has 0 aromatic heterocycles. The van der Waals surface area contributed by atoms with E-state index in [0.717, 1.165) is 29.5 Å². The first-order valence-corrected chi connectivity index (χ1v) is 20.3. The fourth-order valence-electron chi connectivity index (χ4n) is 7.27. The van der Waals surface area contributed by atoms with Gasteiger partial charge in [0.05, 0.1) is 20.3 Å². The zero-order valence-corrected chi connectivity index (χ0v) is 34.3. The van der Waals surface area contributed by atoms with E-state index in [1.165, 1.54) is 18.2 Å². The van der Waals surface area contributed by atoms with Crippen molar-refractivity contribution in [3.63, 3.8) is 0 Å². The van der Waals surface area contributed by atoms with Crippen molar-refractivity contribution < 1.29 is 47.5 Å². The van der Waals surface area contributed by atoms with Crippen molar-refractivity contribution in [3.05, 3.63) is 156 Å². The third-order valence-electron chi connectivity index (χ3n) is 10.4. The largest absolute Gasteiger partial charge is 0.493 e. The predicted molar refractivity (Wildman–Crippen MR) is 229 cm³/mol. The highest BCUT2D eigenvalue weighted by Crippen LogP contribution is 2.39. The number of esters is 3. The molecule has 6 rings (SSSR count). The Morgan fingerprint density at radius 1 is 0.700 bits per heavy atom. The average Bonchev–Trinajstić information content (AvgIpc) is 3.67. The Balaban J connectivity index is 1.12. The number of allylic oxidation sites excluding steroid dienone is 2. The molecule has 0 unspecified atom stereocenters. The summed E-state index contributed by atoms with van der Waals surface area (Å²) < 4.78 is 40.7. The maximum Gasteiger partial charge on any atom is 0.331 e. The van der Waals surface area contributed by atoms with Crippen molar-refractivity contribution in [1.82, 2.24) is 0 Å². The van der Waals surface area contributed by atoms with Gasteiger partial charge >= 0.3 is 17.9 Å². The molecule has 60 heavy (non-hydrogen) atoms. The third-order valence-corrected chi connectivity index (χ3v) is 10.4. The van der Waals surface area contributed by atoms with E-state index in [4.69, 9.17) is 33.2 Å². The number of cyclic esters (lactones) is 1. The second kappa shape index (κ2) is 22.0. The summed E-state index contributed by atoms with van der Waals surface area (Å²) in [5.74, 6) is 0.233. The molecule has 0 amide bonds. The van der Waals surface area contributed by atoms with E-state index in [-0.39, 0.29) is 17.9 Å². The van der Waals surface area contributed by atoms with Crippen LogP contribution < -0.4 is 18.9 Å². The van der Waals surface area contributed by atoms with Crippen LogP contribution in [-0.4, -0.2) is 50.4 Å². The molecule has 1 saturated carbocycles. The van der Waals surface area contributed by atoms with Gasteiger partial charge in [-0.2, -0.15) is 0 Å². The van der Waals surface area contributed by atoms with E-state index in [0.29, 0.717) is 61.0 Å². The number of hydrogen-bond acceptors (Lipinski definition) is 10. The Bertz CT molecular complexity index is 2160. The lowest BCUT2D eigenvalue weighted by Crippen LogP contribution is -2.27. The van der Waals surface area contributed by atoms with Crippen molar-refractivity contribution >= 4 is 30.1 Å². The quantitative estimate of drug-likeness (QED) is 0.0528. The standard InChI is InChI=1S/C50H52O10/c1-35-13-7-4-12-18-40-31-41(59-49(52)26-21-36-19-23-44(46(29-36)54-2)56-33-38-14-8-5-9-15-38)32-42(40)43(25-28-48(51)58-35)60-50(53)27-22-37-20-24-45(47(30-37)55-3)57-34-39-16-10-6-11-17-39/h5-6,8-12,14-30,35,40-43H,4,7,13,31-34H2,1-3H3/b18-12+,26-21+,27-22+,28-25+/t35-,40+,41-,42+,43+/m0/s1. The van der Waals surface area contributed by atoms with Crippen molar-refractivity contribution in [2.24, 2.45) is 11.8 Å². The van der Waals surface area contributed by atoms with Gasteiger partial charge in [0.15, 0.2) is 23.0 Å². The van der Waals surface area contributed by atoms with Crippen LogP contribution in [0.1, 0.15) is 61.3 Å². The lowest BCUT2D eigenvalue weighted by atomic mass is 9.89. The zero-order chi connectivity index (χ0) is 42.1. The molecular formula is C50H52O10. The number of benzene rings is 4. The molecule has 312 valence electrons. The average molecular weight is 813 g/mol. The first-order chi connectivity index (χ1) is 29.3. The highest BCUT2D eigenvalue weighted by molar-refractivity contribution is 5.88. The molecule has 0 bridgehead atoms. The van der Waals surface area contributed by atoms with Gasteiger partial charge in [-0.25, -0.2) is 14.4 Å². The summed E-state index contributed by atoms with van der Waals surface area (Å²) in [5, 5.41) is 0. The Morgan fingerprint density at radius 3 is 1.83 bits per heavy atom. The van der Waals surface area contributed by atoms with Crippen LogP contribution in [0.4, 0.5) is 0 Å². The van der Waals surface area contributed by atoms with Crippen LogP contribution in [0.2, 0.25) is 0 Å². The van der Waals surface area contributed by atoms with E-state index < -0.39 is 30.1 Å². The monoisotopic (exact) mass is 812 g/mol. The van der Waals surface area contributed by atoms with E-state index in [2.05, 4.69) is 12.2 Å². The number of hydrogen-bond donors (Lipinski definition) is 0. The number of methoxy groups -OCH3 is 2. The van der Waals surface area contributed by atoms with Crippen LogP contribution in [-0.2, 0) is 41.8 Å². The molecule has 4 aromatic rings. The first kappa shape index (κ1) is 43.0. The van der Waals surface area contributed by atoms with Gasteiger partial charge < -0.3 is 33.2 Å². The lowest BCUT2D eigenvalue weighted by molar-refractivity contribution is -0.146. The first-order valence-electron chi connectivity index (χ1n) is 20.3. The molecule has 1 fully saturated rings. The van der Waals surface area contributed by atoms with Gasteiger partial charge in [-0.15, -0.1) is 0 Å². The van der Waals surface area contributed by atoms with Gasteiger partial charge in [0.25, 0.3) is 0 Å². The van der Waals surface area contributed by atoms with Crippen LogP contribution in [0.5, 0.6) is 23.0 Å². The van der Waals surface area contributed by atoms with Gasteiger partial charge in [0.1, 0.15) is 25.4 Å². The van der Waals surface area contributed by atoms with Crippen molar-refractivity contribution in [2.45, 2.75) is 70.6 Å². The number of carbonyl (C=O) groups is 3. The topological polar surface area (TPSA) is 116 Å². The summed E-state index contributed by atoms with van der Waals surface area (Å²) in [6.07, 6.45) is 14.9. The van der Waals surface area contributed by atoms with Gasteiger partial charge in [0, 0.05) is 24.1 Å². The number of ether oxygens (including phenoxy) is 7. The Kier molecular flexibility index (Phi) is 15.8. The van der Waals surface area contributed by atoms with E-state index in [9.17, 15) is 14.4 Å². The fraction of sp³-hybridized carbons (Fsp3) is 0.300. The molecule has 1 aliphatic carbocycles. The number of fused-ring (bicyclic) bond motifs is 1. The lowest BCUT2D eigenvalue weighted by Gasteiger charge is -2.24. The summed E-state index contributed by atoms with van der Waals surface area (Å²) in [4.78, 5) is 39.4. The van der Waals surface area contributed by atoms with Crippen LogP contribution in [0, 0.1) is 11.8 Å². The molecule has 0 spiro atoms. The smallest absolute Gasteiger partial charge is 0.331 e. The van der Waals surface area contributed by atoms with Crippen molar-refractivity contribution in [1.29, 1.82) is 0 Å². The summed E-state index contributed by atoms with van der Waals surface area (Å²) >= 11 is 0. The SMILES string of the molecule is COc1cc(/C=C/C(=O)O[C@@H]2C[C@@H]3[C@H](/C=C/CCC[C@H](C)OC(=O)/C=C/[C@H]3OC(=O)/C=C/c3ccc(OCc4ccccc4)c(OC)c3)C2)ccc1OCc1ccccc1. The molecule has 1 heterocycles. The van der Waals surface area contributed by atoms with Crippen LogP contribution >= 0.6 is 0 Å². The maximum atomic E-state index is 13.4. The fourth-order valence-corrected chi connectivity index (χ4v) is 7.27. The number of rotatable bonds is 14. The molecule has 0 N–H and O–H groups in total. The zero-order valence-electron chi connectivity index (χ0n) is 34.3. The van der Waals surface area contributed by atoms with Crippen LogP contribution in [0.15, 0.2) is 134 Å². The second-order valence-electron chi connectivity index (χ2n) is 14.8. The van der Waals surface area contributed by atoms with Crippen molar-refractivity contribution in [2.75, 3.05) is 14.2 Å². The molecule has 5 atom stereocenters. The van der Waals surface area contributed by atoms with Gasteiger partial charge in [0.2, 0.25) is 0 Å². The normalized spacial score (nSPS) is 21.6. The molecule has 0 radical (unpaired) electrons. The molecule has 0 saturated heterocycles. The van der Waals surface area contributed by atoms with Crippen LogP contribution in [0.25, 0.3) is 12.2 Å². The highest BCUT2D eigenvalue weighted by atomic mass is 16.6. The van der Waals surface area contributed by atoms with Crippen LogP contribution in [0.3, 0.4) is 0 Å². The third kappa shape index (κ3) is 13.0. The number of carbonyl (C=O) groups excluding carboxylic acids is 3. The summed E-state index contributed by atoms with van der Waals surface area (Å²) in [7, 11) is 3.13. The van der Waals surface area contributed by atoms with Crippen molar-refractivity contribution in [3.8, 4) is 23.0 Å². The van der Waals surface area contributed by atoms with Gasteiger partial charge in [-0.1, -0.05) is 84.9 Å². The summed E-state index contributed by atoms with van der Waals surface area (Å²) in [5.41, 5.74) is 3.49. The minimum absolute atomic E-state index is 0.0900. The molecular weight excluding hydrogens is 761 g/mol. The summed E-state index contributed by atoms with van der Waals surface area (Å²) in [6.45, 7) is 2.64. The van der Waals surface area contributed by atoms with Gasteiger partial charge in [-0.3, -0.25) is 0 Å². The molecule has 10 heteroatoms. The highest BCUT2D eigenvalue weighted by Gasteiger charge is 2.40. The van der Waals surface area contributed by atoms with E-state index >= 15 is 0 Å². The molecule has 2 aliphatic rings. The molecule has 1 aliphatic heterocycles. The second-order valence-corrected chi connectivity index (χ2v) is 14.8. The minimum atomic E-state index is -0.807. The Morgan fingerprint density at radius 2 is 1.27 bits per heavy atom.